The summed E-state index contributed by atoms with van der Waals surface area (Å²) in [5.74, 6) is 0.520. The molecule has 1 aromatic heterocycles. The van der Waals surface area contributed by atoms with E-state index in [-0.39, 0.29) is 0 Å². The van der Waals surface area contributed by atoms with Crippen molar-refractivity contribution >= 4 is 0 Å². The lowest BCUT2D eigenvalue weighted by molar-refractivity contribution is 0.194. The third kappa shape index (κ3) is 2.86. The van der Waals surface area contributed by atoms with Crippen LogP contribution in [0.5, 0.6) is 0 Å². The molecule has 0 bridgehead atoms. The van der Waals surface area contributed by atoms with Gasteiger partial charge in [-0.3, -0.25) is 4.90 Å². The highest BCUT2D eigenvalue weighted by Crippen LogP contribution is 2.12. The Morgan fingerprint density at radius 1 is 1.50 bits per heavy atom. The van der Waals surface area contributed by atoms with Crippen molar-refractivity contribution in [3.8, 4) is 0 Å². The average Bonchev–Trinajstić information content (AvgIpc) is 2.68. The van der Waals surface area contributed by atoms with Crippen molar-refractivity contribution in [3.63, 3.8) is 0 Å². The van der Waals surface area contributed by atoms with E-state index in [0.717, 1.165) is 13.1 Å². The Hall–Kier alpha value is -0.800. The largest absolute Gasteiger partial charge is 0.472 e. The maximum atomic E-state index is 5.64. The van der Waals surface area contributed by atoms with Crippen LogP contribution in [0.1, 0.15) is 19.4 Å². The molecule has 0 spiro atoms. The number of hydrogen-bond donors (Lipinski definition) is 1. The number of nitrogens with zero attached hydrogens (tertiary/aromatic N) is 1. The molecule has 80 valence electrons. The first-order chi connectivity index (χ1) is 6.65. The van der Waals surface area contributed by atoms with Crippen LogP contribution < -0.4 is 5.73 Å². The first-order valence-corrected chi connectivity index (χ1v) is 5.06. The second kappa shape index (κ2) is 5.17. The molecule has 1 aromatic rings. The molecule has 0 saturated carbocycles. The Morgan fingerprint density at radius 3 is 2.71 bits per heavy atom. The third-order valence-corrected chi connectivity index (χ3v) is 2.90. The summed E-state index contributed by atoms with van der Waals surface area (Å²) in [4.78, 5) is 2.29. The van der Waals surface area contributed by atoms with Crippen molar-refractivity contribution in [2.45, 2.75) is 26.4 Å². The summed E-state index contributed by atoms with van der Waals surface area (Å²) in [5.41, 5.74) is 6.85. The zero-order valence-electron chi connectivity index (χ0n) is 9.23. The molecule has 0 aromatic carbocycles. The van der Waals surface area contributed by atoms with Gasteiger partial charge in [-0.2, -0.15) is 0 Å². The van der Waals surface area contributed by atoms with E-state index < -0.39 is 0 Å². The van der Waals surface area contributed by atoms with Crippen molar-refractivity contribution in [1.29, 1.82) is 0 Å². The molecule has 0 aliphatic carbocycles. The van der Waals surface area contributed by atoms with E-state index >= 15 is 0 Å². The second-order valence-electron chi connectivity index (χ2n) is 4.00. The fourth-order valence-electron chi connectivity index (χ4n) is 1.45. The number of hydrogen-bond acceptors (Lipinski definition) is 3. The highest BCUT2D eigenvalue weighted by molar-refractivity contribution is 5.04. The van der Waals surface area contributed by atoms with Gasteiger partial charge in [0.25, 0.3) is 0 Å². The van der Waals surface area contributed by atoms with Gasteiger partial charge in [-0.1, -0.05) is 6.92 Å². The third-order valence-electron chi connectivity index (χ3n) is 2.90. The highest BCUT2D eigenvalue weighted by atomic mass is 16.3. The van der Waals surface area contributed by atoms with Crippen molar-refractivity contribution in [2.24, 2.45) is 11.7 Å². The average molecular weight is 196 g/mol. The first-order valence-electron chi connectivity index (χ1n) is 5.06. The topological polar surface area (TPSA) is 42.4 Å². The summed E-state index contributed by atoms with van der Waals surface area (Å²) in [5, 5.41) is 0. The molecular weight excluding hydrogens is 176 g/mol. The normalized spacial score (nSPS) is 15.8. The smallest absolute Gasteiger partial charge is 0.0947 e. The molecular formula is C11H20N2O. The Morgan fingerprint density at radius 2 is 2.21 bits per heavy atom. The lowest BCUT2D eigenvalue weighted by atomic mass is 10.0. The molecule has 0 radical (unpaired) electrons. The zero-order chi connectivity index (χ0) is 10.6. The second-order valence-corrected chi connectivity index (χ2v) is 4.00. The molecule has 0 aliphatic rings. The van der Waals surface area contributed by atoms with E-state index in [4.69, 9.17) is 10.2 Å². The molecule has 2 atom stereocenters. The fourth-order valence-corrected chi connectivity index (χ4v) is 1.45. The summed E-state index contributed by atoms with van der Waals surface area (Å²) in [6.45, 7) is 6.03. The minimum absolute atomic E-state index is 0.495. The SMILES string of the molecule is CC(CN)C(C)N(C)Cc1ccoc1. The van der Waals surface area contributed by atoms with Crippen LogP contribution in [0.15, 0.2) is 23.0 Å². The van der Waals surface area contributed by atoms with Crippen molar-refractivity contribution in [1.82, 2.24) is 4.90 Å². The first kappa shape index (κ1) is 11.3. The molecule has 2 N–H and O–H groups in total. The Kier molecular flexibility index (Phi) is 4.17. The molecule has 2 unspecified atom stereocenters. The maximum absolute atomic E-state index is 5.64. The molecule has 3 nitrogen and oxygen atoms in total. The van der Waals surface area contributed by atoms with Gasteiger partial charge >= 0.3 is 0 Å². The van der Waals surface area contributed by atoms with Gasteiger partial charge in [0.2, 0.25) is 0 Å². The van der Waals surface area contributed by atoms with Crippen LogP contribution >= 0.6 is 0 Å². The van der Waals surface area contributed by atoms with Gasteiger partial charge in [0.05, 0.1) is 12.5 Å². The molecule has 14 heavy (non-hydrogen) atoms. The standard InChI is InChI=1S/C11H20N2O/c1-9(6-12)10(2)13(3)7-11-4-5-14-8-11/h4-5,8-10H,6-7,12H2,1-3H3. The lowest BCUT2D eigenvalue weighted by Crippen LogP contribution is -2.37. The summed E-state index contributed by atoms with van der Waals surface area (Å²) in [6.07, 6.45) is 3.50. The molecule has 3 heteroatoms. The molecule has 0 saturated heterocycles. The van der Waals surface area contributed by atoms with Crippen LogP contribution in [-0.2, 0) is 6.54 Å². The Balaban J connectivity index is 2.45. The van der Waals surface area contributed by atoms with E-state index in [0.29, 0.717) is 12.0 Å². The van der Waals surface area contributed by atoms with E-state index in [1.54, 1.807) is 12.5 Å². The number of nitrogens with two attached hydrogens (primary N) is 1. The van der Waals surface area contributed by atoms with E-state index in [1.165, 1.54) is 5.56 Å². The Labute approximate surface area is 85.9 Å². The van der Waals surface area contributed by atoms with Crippen molar-refractivity contribution < 1.29 is 4.42 Å². The summed E-state index contributed by atoms with van der Waals surface area (Å²) in [6, 6.07) is 2.49. The van der Waals surface area contributed by atoms with Crippen LogP contribution in [0, 0.1) is 5.92 Å². The summed E-state index contributed by atoms with van der Waals surface area (Å²) >= 11 is 0. The summed E-state index contributed by atoms with van der Waals surface area (Å²) < 4.78 is 5.03. The van der Waals surface area contributed by atoms with E-state index in [1.807, 2.05) is 6.07 Å². The monoisotopic (exact) mass is 196 g/mol. The fraction of sp³-hybridized carbons (Fsp3) is 0.636. The van der Waals surface area contributed by atoms with Crippen molar-refractivity contribution in [3.05, 3.63) is 24.2 Å². The zero-order valence-corrected chi connectivity index (χ0v) is 9.23. The highest BCUT2D eigenvalue weighted by Gasteiger charge is 2.15. The van der Waals surface area contributed by atoms with E-state index in [2.05, 4.69) is 25.8 Å². The molecule has 0 aliphatic heterocycles. The Bertz CT molecular complexity index is 246. The molecule has 0 amide bonds. The van der Waals surface area contributed by atoms with Gasteiger partial charge in [-0.15, -0.1) is 0 Å². The van der Waals surface area contributed by atoms with E-state index in [9.17, 15) is 0 Å². The van der Waals surface area contributed by atoms with Gasteiger partial charge in [0.15, 0.2) is 0 Å². The molecule has 1 heterocycles. The predicted octanol–water partition coefficient (Wildman–Crippen LogP) is 1.69. The van der Waals surface area contributed by atoms with Crippen LogP contribution in [-0.4, -0.2) is 24.5 Å². The van der Waals surface area contributed by atoms with Crippen LogP contribution in [0.25, 0.3) is 0 Å². The number of furan rings is 1. The van der Waals surface area contributed by atoms with Crippen LogP contribution in [0.2, 0.25) is 0 Å². The molecule has 0 fully saturated rings. The molecule has 1 rings (SSSR count). The summed E-state index contributed by atoms with van der Waals surface area (Å²) in [7, 11) is 2.11. The maximum Gasteiger partial charge on any atom is 0.0947 e. The van der Waals surface area contributed by atoms with Gasteiger partial charge in [0.1, 0.15) is 0 Å². The van der Waals surface area contributed by atoms with Crippen molar-refractivity contribution in [2.75, 3.05) is 13.6 Å². The van der Waals surface area contributed by atoms with Crippen LogP contribution in [0.3, 0.4) is 0 Å². The van der Waals surface area contributed by atoms with Gasteiger partial charge in [-0.25, -0.2) is 0 Å². The number of rotatable bonds is 5. The van der Waals surface area contributed by atoms with Gasteiger partial charge in [-0.05, 0) is 32.5 Å². The minimum atomic E-state index is 0.495. The lowest BCUT2D eigenvalue weighted by Gasteiger charge is -2.28. The van der Waals surface area contributed by atoms with Gasteiger partial charge in [0, 0.05) is 18.2 Å². The minimum Gasteiger partial charge on any atom is -0.472 e. The predicted molar refractivity (Wildman–Crippen MR) is 57.9 cm³/mol. The van der Waals surface area contributed by atoms with Crippen LogP contribution in [0.4, 0.5) is 0 Å². The quantitative estimate of drug-likeness (QED) is 0.779. The van der Waals surface area contributed by atoms with Gasteiger partial charge < -0.3 is 10.2 Å².